The first kappa shape index (κ1) is 11.4. The van der Waals surface area contributed by atoms with Gasteiger partial charge >= 0.3 is 0 Å². The quantitative estimate of drug-likeness (QED) is 0.311. The van der Waals surface area contributed by atoms with Crippen molar-refractivity contribution in [2.75, 3.05) is 0 Å². The first-order chi connectivity index (χ1) is 8.29. The number of hydrogen-bond donors (Lipinski definition) is 0. The second-order valence-corrected chi connectivity index (χ2v) is 6.33. The van der Waals surface area contributed by atoms with E-state index in [-0.39, 0.29) is 0 Å². The van der Waals surface area contributed by atoms with Gasteiger partial charge < -0.3 is 0 Å². The third kappa shape index (κ3) is 1.25. The summed E-state index contributed by atoms with van der Waals surface area (Å²) in [6, 6.07) is 0. The van der Waals surface area contributed by atoms with E-state index in [1.807, 2.05) is 0 Å². The molecule has 0 N–H and O–H groups in total. The van der Waals surface area contributed by atoms with Gasteiger partial charge in [-0.05, 0) is 37.2 Å². The van der Waals surface area contributed by atoms with Crippen LogP contribution in [0, 0.1) is 16.2 Å². The number of unbranched alkanes of at least 4 members (excludes halogenated alkanes) is 5. The van der Waals surface area contributed by atoms with Gasteiger partial charge in [-0.1, -0.05) is 51.3 Å². The fourth-order valence-corrected chi connectivity index (χ4v) is 4.26. The Labute approximate surface area is 105 Å². The molecule has 0 heteroatoms. The molecule has 0 aliphatic heterocycles. The van der Waals surface area contributed by atoms with Crippen LogP contribution in [0.2, 0.25) is 0 Å². The number of allylic oxidation sites excluding steroid dienone is 3. The lowest BCUT2D eigenvalue weighted by molar-refractivity contribution is 0.556. The minimum Gasteiger partial charge on any atom is -0.132 e. The molecular formula is C17H24. The monoisotopic (exact) mass is 228 g/mol. The fourth-order valence-electron chi connectivity index (χ4n) is 4.26. The lowest BCUT2D eigenvalue weighted by atomic mass is 9.95. The normalized spacial score (nSPS) is 43.8. The molecule has 0 heterocycles. The molecule has 3 unspecified atom stereocenters. The Kier molecular flexibility index (Phi) is 2.42. The van der Waals surface area contributed by atoms with E-state index in [2.05, 4.69) is 37.5 Å². The maximum atomic E-state index is 3.73. The Hall–Kier alpha value is -0.740. The Morgan fingerprint density at radius 3 is 2.53 bits per heavy atom. The maximum Gasteiger partial charge on any atom is 0.0126 e. The zero-order chi connectivity index (χ0) is 12.0. The van der Waals surface area contributed by atoms with Crippen LogP contribution in [-0.2, 0) is 0 Å². The largest absolute Gasteiger partial charge is 0.132 e. The third-order valence-corrected chi connectivity index (χ3v) is 5.58. The summed E-state index contributed by atoms with van der Waals surface area (Å²) in [5, 5.41) is 0. The Bertz CT molecular complexity index is 398. The van der Waals surface area contributed by atoms with Gasteiger partial charge in [0.15, 0.2) is 0 Å². The second kappa shape index (κ2) is 3.62. The molecule has 3 fully saturated rings. The van der Waals surface area contributed by atoms with Crippen molar-refractivity contribution < 1.29 is 0 Å². The number of hydrogen-bond acceptors (Lipinski definition) is 0. The summed E-state index contributed by atoms with van der Waals surface area (Å²) in [4.78, 5) is 0. The first-order valence-electron chi connectivity index (χ1n) is 7.33. The van der Waals surface area contributed by atoms with Crippen molar-refractivity contribution in [1.29, 1.82) is 0 Å². The van der Waals surface area contributed by atoms with E-state index in [0.717, 1.165) is 5.41 Å². The van der Waals surface area contributed by atoms with Crippen LogP contribution in [0.15, 0.2) is 30.5 Å². The zero-order valence-electron chi connectivity index (χ0n) is 11.1. The Morgan fingerprint density at radius 1 is 1.12 bits per heavy atom. The highest BCUT2D eigenvalue weighted by molar-refractivity contribution is 5.65. The second-order valence-electron chi connectivity index (χ2n) is 6.33. The van der Waals surface area contributed by atoms with Crippen molar-refractivity contribution in [3.63, 3.8) is 0 Å². The van der Waals surface area contributed by atoms with Gasteiger partial charge in [-0.2, -0.15) is 0 Å². The lowest BCUT2D eigenvalue weighted by Gasteiger charge is -2.08. The van der Waals surface area contributed by atoms with Crippen LogP contribution >= 0.6 is 0 Å². The molecule has 3 rings (SSSR count). The van der Waals surface area contributed by atoms with Gasteiger partial charge in [-0.15, -0.1) is 5.73 Å². The topological polar surface area (TPSA) is 0 Å². The van der Waals surface area contributed by atoms with Crippen LogP contribution in [-0.4, -0.2) is 0 Å². The van der Waals surface area contributed by atoms with Crippen LogP contribution in [0.25, 0.3) is 0 Å². The minimum atomic E-state index is 0.556. The highest BCUT2D eigenvalue weighted by Crippen LogP contribution is 3.14. The van der Waals surface area contributed by atoms with Crippen LogP contribution in [0.4, 0.5) is 0 Å². The van der Waals surface area contributed by atoms with Crippen LogP contribution in [0.1, 0.15) is 58.3 Å². The Morgan fingerprint density at radius 2 is 1.88 bits per heavy atom. The van der Waals surface area contributed by atoms with Gasteiger partial charge in [0.05, 0.1) is 0 Å². The Balaban J connectivity index is 1.38. The summed E-state index contributed by atoms with van der Waals surface area (Å²) in [5.41, 5.74) is 4.89. The van der Waals surface area contributed by atoms with Crippen LogP contribution in [0.3, 0.4) is 0 Å². The maximum absolute atomic E-state index is 3.73. The van der Waals surface area contributed by atoms with Crippen LogP contribution in [0.5, 0.6) is 0 Å². The first-order valence-corrected chi connectivity index (χ1v) is 7.33. The van der Waals surface area contributed by atoms with Crippen molar-refractivity contribution in [2.24, 2.45) is 16.2 Å². The van der Waals surface area contributed by atoms with Gasteiger partial charge in [0.1, 0.15) is 0 Å². The molecule has 0 saturated heterocycles. The molecule has 0 bridgehead atoms. The summed E-state index contributed by atoms with van der Waals surface area (Å²) in [7, 11) is 0. The predicted molar refractivity (Wildman–Crippen MR) is 72.8 cm³/mol. The molecule has 3 atom stereocenters. The fraction of sp³-hybridized carbons (Fsp3) is 0.706. The van der Waals surface area contributed by atoms with Gasteiger partial charge in [0.2, 0.25) is 0 Å². The molecule has 0 aromatic rings. The molecule has 92 valence electrons. The molecule has 3 aliphatic rings. The van der Waals surface area contributed by atoms with E-state index >= 15 is 0 Å². The van der Waals surface area contributed by atoms with E-state index in [0.29, 0.717) is 10.8 Å². The number of rotatable bonds is 8. The van der Waals surface area contributed by atoms with E-state index in [1.54, 1.807) is 0 Å². The van der Waals surface area contributed by atoms with Gasteiger partial charge in [-0.25, -0.2) is 0 Å². The summed E-state index contributed by atoms with van der Waals surface area (Å²) < 4.78 is 0. The highest BCUT2D eigenvalue weighted by atomic mass is 15.1. The molecule has 0 nitrogen and oxygen atoms in total. The van der Waals surface area contributed by atoms with Crippen molar-refractivity contribution in [3.05, 3.63) is 30.5 Å². The molecule has 3 aliphatic carbocycles. The van der Waals surface area contributed by atoms with Gasteiger partial charge in [-0.3, -0.25) is 0 Å². The van der Waals surface area contributed by atoms with Gasteiger partial charge in [0.25, 0.3) is 0 Å². The molecule has 1 spiro atoms. The molecule has 0 radical (unpaired) electrons. The number of fused-ring (bicyclic) bond motifs is 1. The summed E-state index contributed by atoms with van der Waals surface area (Å²) in [6.45, 7) is 6.00. The van der Waals surface area contributed by atoms with E-state index in [9.17, 15) is 0 Å². The van der Waals surface area contributed by atoms with Crippen molar-refractivity contribution in [3.8, 4) is 0 Å². The van der Waals surface area contributed by atoms with Crippen LogP contribution < -0.4 is 0 Å². The molecule has 0 amide bonds. The minimum absolute atomic E-state index is 0.556. The summed E-state index contributed by atoms with van der Waals surface area (Å²) in [5.74, 6) is 0. The van der Waals surface area contributed by atoms with Crippen molar-refractivity contribution >= 4 is 0 Å². The van der Waals surface area contributed by atoms with E-state index < -0.39 is 0 Å². The smallest absolute Gasteiger partial charge is 0.0126 e. The highest BCUT2D eigenvalue weighted by Gasteiger charge is 3.09. The average Bonchev–Trinajstić information content (AvgIpc) is 3.21. The predicted octanol–water partition coefficient (Wildman–Crippen LogP) is 5.02. The zero-order valence-corrected chi connectivity index (χ0v) is 11.1. The summed E-state index contributed by atoms with van der Waals surface area (Å²) >= 11 is 0. The molecule has 3 saturated carbocycles. The van der Waals surface area contributed by atoms with Crippen molar-refractivity contribution in [2.45, 2.75) is 58.3 Å². The molecular weight excluding hydrogens is 204 g/mol. The lowest BCUT2D eigenvalue weighted by Crippen LogP contribution is -2.00. The average molecular weight is 228 g/mol. The molecule has 17 heavy (non-hydrogen) atoms. The SMILES string of the molecule is C=C=CC12CC13CC23C=CCCCCCCC. The van der Waals surface area contributed by atoms with E-state index in [1.165, 1.54) is 51.4 Å². The third-order valence-electron chi connectivity index (χ3n) is 5.58. The summed E-state index contributed by atoms with van der Waals surface area (Å²) in [6.07, 6.45) is 18.4. The molecule has 0 aromatic carbocycles. The van der Waals surface area contributed by atoms with E-state index in [4.69, 9.17) is 0 Å². The molecule has 0 aromatic heterocycles. The van der Waals surface area contributed by atoms with Crippen molar-refractivity contribution in [1.82, 2.24) is 0 Å². The standard InChI is InChI=1S/C17H24/c1-3-5-6-7-8-9-10-12-16-14-17(16)13-15(16,17)11-4-2/h10-12H,2-3,5-9,13-14H2,1H3. The van der Waals surface area contributed by atoms with Gasteiger partial charge in [0, 0.05) is 10.8 Å².